The minimum Gasteiger partial charge on any atom is -0.462 e. The van der Waals surface area contributed by atoms with E-state index in [9.17, 15) is 24.3 Å². The van der Waals surface area contributed by atoms with Gasteiger partial charge in [-0.25, -0.2) is 4.79 Å². The average molecular weight is 573 g/mol. The van der Waals surface area contributed by atoms with Gasteiger partial charge in [-0.05, 0) is 49.0 Å². The van der Waals surface area contributed by atoms with Crippen LogP contribution in [0.4, 0.5) is 0 Å². The zero-order valence-corrected chi connectivity index (χ0v) is 25.4. The number of aliphatic hydroxyl groups excluding tert-OH is 1. The van der Waals surface area contributed by atoms with Crippen LogP contribution in [0.25, 0.3) is 0 Å². The molecule has 226 valence electrons. The number of ether oxygens (including phenoxy) is 4. The van der Waals surface area contributed by atoms with E-state index in [1.165, 1.54) is 26.8 Å². The molecule has 0 saturated heterocycles. The van der Waals surface area contributed by atoms with Crippen LogP contribution in [-0.2, 0) is 38.1 Å². The van der Waals surface area contributed by atoms with Crippen molar-refractivity contribution in [3.8, 4) is 0 Å². The molecular weight excluding hydrogens is 528 g/mol. The molecule has 0 radical (unpaired) electrons. The van der Waals surface area contributed by atoms with Gasteiger partial charge in [-0.2, -0.15) is 0 Å². The van der Waals surface area contributed by atoms with Gasteiger partial charge in [0.15, 0.2) is 0 Å². The van der Waals surface area contributed by atoms with Crippen molar-refractivity contribution >= 4 is 23.9 Å². The third-order valence-electron chi connectivity index (χ3n) is 11.8. The lowest BCUT2D eigenvalue weighted by Crippen LogP contribution is -2.70. The second-order valence-corrected chi connectivity index (χ2v) is 14.1. The van der Waals surface area contributed by atoms with Crippen molar-refractivity contribution in [1.29, 1.82) is 0 Å². The Labute approximate surface area is 242 Å². The molecule has 4 aliphatic carbocycles. The van der Waals surface area contributed by atoms with E-state index in [0.29, 0.717) is 24.8 Å². The molecule has 1 heterocycles. The molecule has 1 aliphatic heterocycles. The summed E-state index contributed by atoms with van der Waals surface area (Å²) in [5.74, 6) is -1.91. The molecule has 0 bridgehead atoms. The summed E-state index contributed by atoms with van der Waals surface area (Å²) in [6.07, 6.45) is 4.05. The molecular formula is C32H44O9. The Morgan fingerprint density at radius 2 is 1.46 bits per heavy atom. The van der Waals surface area contributed by atoms with Crippen molar-refractivity contribution in [3.63, 3.8) is 0 Å². The van der Waals surface area contributed by atoms with Gasteiger partial charge in [0.25, 0.3) is 0 Å². The Balaban J connectivity index is 1.64. The molecule has 5 aliphatic rings. The summed E-state index contributed by atoms with van der Waals surface area (Å²) in [5.41, 5.74) is -0.378. The van der Waals surface area contributed by atoms with Gasteiger partial charge in [-0.1, -0.05) is 46.3 Å². The van der Waals surface area contributed by atoms with Crippen LogP contribution in [0.5, 0.6) is 0 Å². The minimum atomic E-state index is -1.24. The van der Waals surface area contributed by atoms with E-state index in [1.807, 2.05) is 0 Å². The van der Waals surface area contributed by atoms with Gasteiger partial charge in [0.1, 0.15) is 18.3 Å². The number of hydrogen-bond donors (Lipinski definition) is 1. The smallest absolute Gasteiger partial charge is 0.336 e. The van der Waals surface area contributed by atoms with Crippen LogP contribution in [0, 0.1) is 39.4 Å². The number of allylic oxidation sites excluding steroid dienone is 1. The first-order chi connectivity index (χ1) is 19.0. The predicted octanol–water partition coefficient (Wildman–Crippen LogP) is 4.41. The summed E-state index contributed by atoms with van der Waals surface area (Å²) in [5, 5.41) is 10.0. The molecule has 0 aromatic heterocycles. The zero-order chi connectivity index (χ0) is 30.3. The van der Waals surface area contributed by atoms with Crippen LogP contribution in [0.1, 0.15) is 87.5 Å². The molecule has 9 nitrogen and oxygen atoms in total. The summed E-state index contributed by atoms with van der Waals surface area (Å²) in [6.45, 7) is 15.0. The number of carbonyl (C=O) groups excluding carboxylic acids is 4. The summed E-state index contributed by atoms with van der Waals surface area (Å²) >= 11 is 0. The van der Waals surface area contributed by atoms with E-state index in [2.05, 4.69) is 40.7 Å². The van der Waals surface area contributed by atoms with Crippen molar-refractivity contribution < 1.29 is 43.2 Å². The lowest BCUT2D eigenvalue weighted by Gasteiger charge is -2.69. The Morgan fingerprint density at radius 3 is 2.02 bits per heavy atom. The first-order valence-electron chi connectivity index (χ1n) is 14.8. The van der Waals surface area contributed by atoms with Crippen molar-refractivity contribution in [3.05, 3.63) is 23.3 Å². The number of fused-ring (bicyclic) bond motifs is 5. The molecule has 41 heavy (non-hydrogen) atoms. The molecule has 0 amide bonds. The zero-order valence-electron chi connectivity index (χ0n) is 25.4. The van der Waals surface area contributed by atoms with Crippen molar-refractivity contribution in [2.24, 2.45) is 39.4 Å². The molecule has 5 rings (SSSR count). The summed E-state index contributed by atoms with van der Waals surface area (Å²) in [7, 11) is 0. The van der Waals surface area contributed by atoms with E-state index >= 15 is 0 Å². The number of esters is 4. The van der Waals surface area contributed by atoms with Gasteiger partial charge in [0.05, 0.1) is 0 Å². The predicted molar refractivity (Wildman–Crippen MR) is 147 cm³/mol. The van der Waals surface area contributed by atoms with E-state index < -0.39 is 52.2 Å². The number of rotatable bonds is 4. The van der Waals surface area contributed by atoms with Gasteiger partial charge >= 0.3 is 23.9 Å². The average Bonchev–Trinajstić information content (AvgIpc) is 3.36. The first kappa shape index (κ1) is 29.8. The molecule has 9 heteroatoms. The number of aliphatic hydroxyl groups is 1. The number of cyclic esters (lactones) is 1. The van der Waals surface area contributed by atoms with E-state index in [-0.39, 0.29) is 35.7 Å². The normalized spacial score (nSPS) is 44.3. The second kappa shape index (κ2) is 9.68. The maximum Gasteiger partial charge on any atom is 0.336 e. The fourth-order valence-corrected chi connectivity index (χ4v) is 10.1. The third kappa shape index (κ3) is 4.28. The van der Waals surface area contributed by atoms with Crippen LogP contribution in [0.15, 0.2) is 23.3 Å². The van der Waals surface area contributed by atoms with Crippen LogP contribution in [-0.4, -0.2) is 53.6 Å². The number of hydrogen-bond acceptors (Lipinski definition) is 9. The Hall–Kier alpha value is -2.68. The maximum absolute atomic E-state index is 12.7. The molecule has 0 aromatic carbocycles. The van der Waals surface area contributed by atoms with Crippen LogP contribution >= 0.6 is 0 Å². The number of carbonyl (C=O) groups is 4. The summed E-state index contributed by atoms with van der Waals surface area (Å²) in [4.78, 5) is 49.9. The molecule has 3 saturated carbocycles. The second-order valence-electron chi connectivity index (χ2n) is 14.1. The minimum absolute atomic E-state index is 0.0341. The molecule has 10 atom stereocenters. The Bertz CT molecular complexity index is 1230. The lowest BCUT2D eigenvalue weighted by atomic mass is 9.36. The molecule has 1 unspecified atom stereocenters. The van der Waals surface area contributed by atoms with Gasteiger partial charge in [0.2, 0.25) is 6.29 Å². The highest BCUT2D eigenvalue weighted by Crippen LogP contribution is 2.74. The van der Waals surface area contributed by atoms with E-state index in [0.717, 1.165) is 18.4 Å². The SMILES string of the molecule is CC(=O)O[C@H]1C[C@@H](OC(C)=O)C(C)(C)[C@@H]2C[C@@H](OC(C)=O)[C@@]3(C)C4=CC[C@@H](C5=CC(O)OC5=O)[C@]4(C)CC[C@@H]3[C@@]12C. The monoisotopic (exact) mass is 572 g/mol. The topological polar surface area (TPSA) is 125 Å². The molecule has 0 spiro atoms. The molecule has 1 N–H and O–H groups in total. The highest BCUT2D eigenvalue weighted by Gasteiger charge is 2.72. The van der Waals surface area contributed by atoms with Crippen molar-refractivity contribution in [1.82, 2.24) is 0 Å². The van der Waals surface area contributed by atoms with Gasteiger partial charge in [-0.15, -0.1) is 0 Å². The molecule has 0 aromatic rings. The lowest BCUT2D eigenvalue weighted by molar-refractivity contribution is -0.261. The van der Waals surface area contributed by atoms with E-state index in [1.54, 1.807) is 0 Å². The first-order valence-corrected chi connectivity index (χ1v) is 14.8. The highest BCUT2D eigenvalue weighted by atomic mass is 16.6. The van der Waals surface area contributed by atoms with E-state index in [4.69, 9.17) is 18.9 Å². The van der Waals surface area contributed by atoms with Crippen LogP contribution in [0.2, 0.25) is 0 Å². The summed E-state index contributed by atoms with van der Waals surface area (Å²) < 4.78 is 23.2. The Morgan fingerprint density at radius 1 is 0.878 bits per heavy atom. The van der Waals surface area contributed by atoms with Crippen molar-refractivity contribution in [2.45, 2.75) is 112 Å². The van der Waals surface area contributed by atoms with Gasteiger partial charge < -0.3 is 24.1 Å². The van der Waals surface area contributed by atoms with Gasteiger partial charge in [0, 0.05) is 54.9 Å². The van der Waals surface area contributed by atoms with Gasteiger partial charge in [-0.3, -0.25) is 14.4 Å². The fourth-order valence-electron chi connectivity index (χ4n) is 10.1. The third-order valence-corrected chi connectivity index (χ3v) is 11.8. The van der Waals surface area contributed by atoms with Crippen LogP contribution < -0.4 is 0 Å². The quantitative estimate of drug-likeness (QED) is 0.296. The van der Waals surface area contributed by atoms with Crippen LogP contribution in [0.3, 0.4) is 0 Å². The van der Waals surface area contributed by atoms with Crippen molar-refractivity contribution in [2.75, 3.05) is 0 Å². The largest absolute Gasteiger partial charge is 0.462 e. The fraction of sp³-hybridized carbons (Fsp3) is 0.750. The Kier molecular flexibility index (Phi) is 7.03. The standard InChI is InChI=1S/C32H44O9/c1-16(33)38-24-15-26(40-18(3)35)32(8)22-11-12-30(6)20(19-13-27(36)41-28(19)37)9-10-21(30)31(22,7)25(39-17(2)34)14-23(32)29(24,4)5/h10,13,20,22-27,36H,9,11-12,14-15H2,1-8H3/t20-,22-,23-,24+,25+,26-,27?,30-,31-,32+/m0/s1. The molecule has 3 fully saturated rings. The maximum atomic E-state index is 12.7. The summed E-state index contributed by atoms with van der Waals surface area (Å²) in [6, 6.07) is 0. The highest BCUT2D eigenvalue weighted by molar-refractivity contribution is 5.91.